The first-order chi connectivity index (χ1) is 15.8. The molecule has 1 saturated heterocycles. The average Bonchev–Trinajstić information content (AvgIpc) is 3.31. The molecular weight excluding hydrogens is 440 g/mol. The van der Waals surface area contributed by atoms with Gasteiger partial charge in [-0.2, -0.15) is 0 Å². The summed E-state index contributed by atoms with van der Waals surface area (Å²) >= 11 is 1.74. The molecule has 1 amide bonds. The highest BCUT2D eigenvalue weighted by atomic mass is 32.2. The summed E-state index contributed by atoms with van der Waals surface area (Å²) in [6.07, 6.45) is 0.189. The maximum absolute atomic E-state index is 12.5. The summed E-state index contributed by atoms with van der Waals surface area (Å²) in [7, 11) is 3.36. The number of fused-ring (bicyclic) bond motifs is 1. The maximum Gasteiger partial charge on any atom is 0.407 e. The summed E-state index contributed by atoms with van der Waals surface area (Å²) in [5, 5.41) is 2.95. The Morgan fingerprint density at radius 2 is 1.94 bits per heavy atom. The normalized spacial score (nSPS) is 28.8. The van der Waals surface area contributed by atoms with Crippen molar-refractivity contribution in [2.24, 2.45) is 29.6 Å². The third-order valence-electron chi connectivity index (χ3n) is 6.83. The summed E-state index contributed by atoms with van der Waals surface area (Å²) in [6.45, 7) is 11.8. The van der Waals surface area contributed by atoms with E-state index in [1.807, 2.05) is 12.1 Å². The smallest absolute Gasteiger partial charge is 0.407 e. The van der Waals surface area contributed by atoms with Crippen molar-refractivity contribution in [3.05, 3.63) is 24.3 Å². The van der Waals surface area contributed by atoms with Gasteiger partial charge in [0.1, 0.15) is 11.9 Å². The van der Waals surface area contributed by atoms with Gasteiger partial charge in [0.15, 0.2) is 6.29 Å². The van der Waals surface area contributed by atoms with Gasteiger partial charge in [-0.05, 0) is 60.4 Å². The lowest BCUT2D eigenvalue weighted by Gasteiger charge is -2.24. The molecule has 2 fully saturated rings. The van der Waals surface area contributed by atoms with E-state index >= 15 is 0 Å². The van der Waals surface area contributed by atoms with Gasteiger partial charge in [-0.25, -0.2) is 9.10 Å². The molecule has 6 unspecified atom stereocenters. The van der Waals surface area contributed by atoms with Crippen molar-refractivity contribution in [1.29, 1.82) is 0 Å². The Labute approximate surface area is 203 Å². The van der Waals surface area contributed by atoms with Crippen LogP contribution in [0, 0.1) is 29.6 Å². The Morgan fingerprint density at radius 1 is 1.21 bits per heavy atom. The number of nitrogens with one attached hydrogen (secondary N) is 1. The second-order valence-electron chi connectivity index (χ2n) is 9.60. The maximum atomic E-state index is 12.5. The SMILES string of the molecule is COc1ccc(SN(CCCNC(=O)OC2C(C)C(C)C3C(OC)OCC23)CC(C)C)cc1. The Balaban J connectivity index is 1.43. The van der Waals surface area contributed by atoms with Gasteiger partial charge in [-0.1, -0.05) is 27.7 Å². The van der Waals surface area contributed by atoms with E-state index < -0.39 is 0 Å². The van der Waals surface area contributed by atoms with Gasteiger partial charge in [-0.3, -0.25) is 0 Å². The fraction of sp³-hybridized carbons (Fsp3) is 0.720. The number of hydrogen-bond acceptors (Lipinski definition) is 7. The molecule has 1 saturated carbocycles. The zero-order chi connectivity index (χ0) is 24.0. The van der Waals surface area contributed by atoms with Gasteiger partial charge < -0.3 is 24.3 Å². The minimum absolute atomic E-state index is 0.131. The van der Waals surface area contributed by atoms with Crippen LogP contribution in [0.5, 0.6) is 5.75 Å². The van der Waals surface area contributed by atoms with Crippen molar-refractivity contribution in [3.63, 3.8) is 0 Å². The first kappa shape index (κ1) is 26.1. The molecule has 8 heteroatoms. The molecule has 7 nitrogen and oxygen atoms in total. The van der Waals surface area contributed by atoms with Crippen molar-refractivity contribution in [2.45, 2.75) is 51.4 Å². The highest BCUT2D eigenvalue weighted by molar-refractivity contribution is 7.97. The number of alkyl carbamates (subject to hydrolysis) is 1. The van der Waals surface area contributed by atoms with Gasteiger partial charge in [-0.15, -0.1) is 0 Å². The van der Waals surface area contributed by atoms with Crippen LogP contribution in [0.4, 0.5) is 4.79 Å². The van der Waals surface area contributed by atoms with Crippen molar-refractivity contribution in [2.75, 3.05) is 40.5 Å². The molecule has 1 aliphatic carbocycles. The van der Waals surface area contributed by atoms with Crippen LogP contribution in [0.15, 0.2) is 29.2 Å². The van der Waals surface area contributed by atoms with Gasteiger partial charge >= 0.3 is 6.09 Å². The third kappa shape index (κ3) is 6.78. The summed E-state index contributed by atoms with van der Waals surface area (Å²) < 4.78 is 24.7. The van der Waals surface area contributed by atoms with Crippen molar-refractivity contribution < 1.29 is 23.7 Å². The fourth-order valence-electron chi connectivity index (χ4n) is 5.02. The number of rotatable bonds is 11. The second kappa shape index (κ2) is 12.3. The molecule has 186 valence electrons. The molecule has 2 aliphatic rings. The quantitative estimate of drug-likeness (QED) is 0.365. The van der Waals surface area contributed by atoms with Crippen molar-refractivity contribution >= 4 is 18.0 Å². The van der Waals surface area contributed by atoms with Crippen LogP contribution in [-0.4, -0.2) is 63.3 Å². The standard InChI is InChI=1S/C25H40N2O5S/c1-16(2)14-27(33-20-10-8-19(29-5)9-11-20)13-7-12-26-25(28)32-23-18(4)17(3)22-21(23)15-31-24(22)30-6/h8-11,16-18,21-24H,7,12-15H2,1-6H3,(H,26,28). The van der Waals surface area contributed by atoms with Crippen LogP contribution in [0.3, 0.4) is 0 Å². The summed E-state index contributed by atoms with van der Waals surface area (Å²) in [6, 6.07) is 8.11. The molecule has 0 radical (unpaired) electrons. The van der Waals surface area contributed by atoms with E-state index in [9.17, 15) is 4.79 Å². The van der Waals surface area contributed by atoms with Crippen LogP contribution in [0.25, 0.3) is 0 Å². The van der Waals surface area contributed by atoms with Crippen LogP contribution in [0.1, 0.15) is 34.1 Å². The highest BCUT2D eigenvalue weighted by Crippen LogP contribution is 2.49. The molecule has 0 aromatic heterocycles. The number of carbonyl (C=O) groups excluding carboxylic acids is 1. The van der Waals surface area contributed by atoms with E-state index in [2.05, 4.69) is 49.4 Å². The van der Waals surface area contributed by atoms with E-state index in [1.54, 1.807) is 26.2 Å². The molecule has 1 aromatic rings. The van der Waals surface area contributed by atoms with E-state index in [1.165, 1.54) is 4.90 Å². The number of nitrogens with zero attached hydrogens (tertiary/aromatic N) is 1. The molecule has 1 heterocycles. The van der Waals surface area contributed by atoms with E-state index in [4.69, 9.17) is 18.9 Å². The lowest BCUT2D eigenvalue weighted by Crippen LogP contribution is -2.36. The lowest BCUT2D eigenvalue weighted by atomic mass is 9.90. The lowest BCUT2D eigenvalue weighted by molar-refractivity contribution is -0.121. The molecule has 1 aliphatic heterocycles. The Hall–Kier alpha value is -1.48. The number of hydrogen-bond donors (Lipinski definition) is 1. The molecule has 6 atom stereocenters. The van der Waals surface area contributed by atoms with E-state index in [0.29, 0.717) is 25.0 Å². The largest absolute Gasteiger partial charge is 0.497 e. The zero-order valence-corrected chi connectivity index (χ0v) is 21.6. The van der Waals surface area contributed by atoms with Crippen LogP contribution in [-0.2, 0) is 14.2 Å². The number of methoxy groups -OCH3 is 2. The zero-order valence-electron chi connectivity index (χ0n) is 20.8. The van der Waals surface area contributed by atoms with Gasteiger partial charge in [0.2, 0.25) is 0 Å². The van der Waals surface area contributed by atoms with Crippen LogP contribution < -0.4 is 10.1 Å². The Morgan fingerprint density at radius 3 is 2.58 bits per heavy atom. The van der Waals surface area contributed by atoms with Gasteiger partial charge in [0.05, 0.1) is 13.7 Å². The Bertz CT molecular complexity index is 747. The number of benzene rings is 1. The average molecular weight is 481 g/mol. The minimum atomic E-state index is -0.334. The molecule has 3 rings (SSSR count). The molecular formula is C25H40N2O5S. The van der Waals surface area contributed by atoms with Crippen molar-refractivity contribution in [3.8, 4) is 5.75 Å². The monoisotopic (exact) mass is 480 g/mol. The van der Waals surface area contributed by atoms with Crippen LogP contribution >= 0.6 is 11.9 Å². The predicted molar refractivity (Wildman–Crippen MR) is 130 cm³/mol. The van der Waals surface area contributed by atoms with E-state index in [0.717, 1.165) is 25.3 Å². The predicted octanol–water partition coefficient (Wildman–Crippen LogP) is 4.67. The highest BCUT2D eigenvalue weighted by Gasteiger charge is 2.55. The summed E-state index contributed by atoms with van der Waals surface area (Å²) in [4.78, 5) is 13.7. The Kier molecular flexibility index (Phi) is 9.73. The number of amides is 1. The number of ether oxygens (including phenoxy) is 4. The molecule has 0 bridgehead atoms. The van der Waals surface area contributed by atoms with Crippen molar-refractivity contribution in [1.82, 2.24) is 9.62 Å². The van der Waals surface area contributed by atoms with E-state index in [-0.39, 0.29) is 36.2 Å². The molecule has 33 heavy (non-hydrogen) atoms. The summed E-state index contributed by atoms with van der Waals surface area (Å²) in [5.41, 5.74) is 0. The second-order valence-corrected chi connectivity index (χ2v) is 10.8. The van der Waals surface area contributed by atoms with Gasteiger partial charge in [0, 0.05) is 43.5 Å². The molecule has 1 N–H and O–H groups in total. The molecule has 1 aromatic carbocycles. The summed E-state index contributed by atoms with van der Waals surface area (Å²) in [5.74, 6) is 2.57. The third-order valence-corrected chi connectivity index (χ3v) is 7.90. The van der Waals surface area contributed by atoms with Crippen LogP contribution in [0.2, 0.25) is 0 Å². The fourth-order valence-corrected chi connectivity index (χ4v) is 6.17. The topological polar surface area (TPSA) is 69.3 Å². The number of carbonyl (C=O) groups is 1. The minimum Gasteiger partial charge on any atom is -0.497 e. The first-order valence-electron chi connectivity index (χ1n) is 12.0. The van der Waals surface area contributed by atoms with Gasteiger partial charge in [0.25, 0.3) is 0 Å². The molecule has 0 spiro atoms. The first-order valence-corrected chi connectivity index (χ1v) is 12.8.